The van der Waals surface area contributed by atoms with Crippen LogP contribution >= 0.6 is 0 Å². The van der Waals surface area contributed by atoms with E-state index < -0.39 is 6.10 Å². The summed E-state index contributed by atoms with van der Waals surface area (Å²) >= 11 is 0. The van der Waals surface area contributed by atoms with Gasteiger partial charge in [-0.3, -0.25) is 9.69 Å². The lowest BCUT2D eigenvalue weighted by Crippen LogP contribution is -2.51. The van der Waals surface area contributed by atoms with Crippen molar-refractivity contribution in [3.05, 3.63) is 53.1 Å². The van der Waals surface area contributed by atoms with E-state index in [1.165, 1.54) is 24.0 Å². The fourth-order valence-corrected chi connectivity index (χ4v) is 5.60. The summed E-state index contributed by atoms with van der Waals surface area (Å²) in [7, 11) is 0. The van der Waals surface area contributed by atoms with Gasteiger partial charge < -0.3 is 15.0 Å². The highest BCUT2D eigenvalue weighted by Crippen LogP contribution is 2.53. The molecule has 6 heteroatoms. The summed E-state index contributed by atoms with van der Waals surface area (Å²) in [6.45, 7) is 5.33. The van der Waals surface area contributed by atoms with E-state index in [1.807, 2.05) is 11.8 Å². The fourth-order valence-electron chi connectivity index (χ4n) is 5.60. The molecular formula is C22H28N4O2. The van der Waals surface area contributed by atoms with Gasteiger partial charge in [0, 0.05) is 30.4 Å². The Morgan fingerprint density at radius 3 is 2.57 bits per heavy atom. The number of aromatic nitrogens is 2. The molecule has 0 radical (unpaired) electrons. The van der Waals surface area contributed by atoms with E-state index in [0.29, 0.717) is 18.9 Å². The van der Waals surface area contributed by atoms with Crippen molar-refractivity contribution < 1.29 is 9.90 Å². The zero-order chi connectivity index (χ0) is 19.3. The maximum absolute atomic E-state index is 12.8. The lowest BCUT2D eigenvalue weighted by Gasteiger charge is -2.43. The minimum Gasteiger partial charge on any atom is -0.390 e. The molecule has 28 heavy (non-hydrogen) atoms. The van der Waals surface area contributed by atoms with Crippen LogP contribution in [0.2, 0.25) is 0 Å². The van der Waals surface area contributed by atoms with Gasteiger partial charge in [0.25, 0.3) is 5.91 Å². The van der Waals surface area contributed by atoms with Crippen molar-refractivity contribution in [3.8, 4) is 0 Å². The van der Waals surface area contributed by atoms with E-state index in [4.69, 9.17) is 0 Å². The first kappa shape index (κ1) is 17.9. The van der Waals surface area contributed by atoms with Gasteiger partial charge in [-0.2, -0.15) is 0 Å². The summed E-state index contributed by atoms with van der Waals surface area (Å²) in [5, 5.41) is 11.5. The van der Waals surface area contributed by atoms with E-state index in [9.17, 15) is 9.90 Å². The number of benzene rings is 1. The van der Waals surface area contributed by atoms with Gasteiger partial charge in [-0.25, -0.2) is 4.98 Å². The molecule has 1 aromatic heterocycles. The predicted octanol–water partition coefficient (Wildman–Crippen LogP) is 2.40. The summed E-state index contributed by atoms with van der Waals surface area (Å²) in [5.41, 5.74) is 3.23. The molecule has 3 heterocycles. The van der Waals surface area contributed by atoms with Crippen LogP contribution < -0.4 is 0 Å². The van der Waals surface area contributed by atoms with Crippen LogP contribution in [0.4, 0.5) is 0 Å². The number of hydrogen-bond acceptors (Lipinski definition) is 4. The number of nitrogens with zero attached hydrogens (tertiary/aromatic N) is 3. The molecule has 3 aliphatic rings. The second kappa shape index (κ2) is 6.71. The van der Waals surface area contributed by atoms with Gasteiger partial charge in [-0.15, -0.1) is 0 Å². The van der Waals surface area contributed by atoms with Crippen molar-refractivity contribution in [2.45, 2.75) is 50.2 Å². The Labute approximate surface area is 165 Å². The average Bonchev–Trinajstić information content (AvgIpc) is 3.44. The zero-order valence-corrected chi connectivity index (χ0v) is 16.4. The molecule has 1 amide bonds. The highest BCUT2D eigenvalue weighted by atomic mass is 16.3. The number of aromatic amines is 1. The van der Waals surface area contributed by atoms with Crippen LogP contribution in [0, 0.1) is 6.92 Å². The average molecular weight is 380 g/mol. The maximum Gasteiger partial charge on any atom is 0.289 e. The number of likely N-dealkylation sites (tertiary alicyclic amines) is 2. The molecule has 2 saturated heterocycles. The van der Waals surface area contributed by atoms with Gasteiger partial charge in [0.05, 0.1) is 12.1 Å². The number of aliphatic hydroxyl groups excluding tert-OH is 1. The minimum atomic E-state index is -0.411. The number of rotatable bonds is 2. The number of nitrogens with one attached hydrogen (secondary N) is 1. The molecule has 148 valence electrons. The molecule has 5 rings (SSSR count). The molecule has 1 spiro atoms. The van der Waals surface area contributed by atoms with Crippen LogP contribution in [-0.4, -0.2) is 63.1 Å². The Hall–Kier alpha value is -2.18. The van der Waals surface area contributed by atoms with E-state index in [0.717, 1.165) is 31.6 Å². The highest BCUT2D eigenvalue weighted by molar-refractivity contribution is 5.90. The third-order valence-electron chi connectivity index (χ3n) is 7.06. The standard InChI is InChI=1S/C22H28N4O2/c1-15-14-23-20(24-15)21(28)26-12-8-22(9-13-26)17-7-3-2-6-16(17)18(19(22)27)25-10-4-5-11-25/h2-3,6-7,14,18-19,27H,4-5,8-13H2,1H3,(H,23,24)/t18-,19+/m1/s1. The molecule has 1 aromatic carbocycles. The second-order valence-electron chi connectivity index (χ2n) is 8.58. The van der Waals surface area contributed by atoms with Crippen molar-refractivity contribution in [2.24, 2.45) is 0 Å². The molecule has 2 aliphatic heterocycles. The quantitative estimate of drug-likeness (QED) is 0.839. The lowest BCUT2D eigenvalue weighted by molar-refractivity contribution is -0.00791. The molecule has 2 aromatic rings. The number of aryl methyl sites for hydroxylation is 1. The Kier molecular flexibility index (Phi) is 4.29. The van der Waals surface area contributed by atoms with E-state index >= 15 is 0 Å². The Morgan fingerprint density at radius 1 is 1.18 bits per heavy atom. The zero-order valence-electron chi connectivity index (χ0n) is 16.4. The van der Waals surface area contributed by atoms with Crippen molar-refractivity contribution in [1.29, 1.82) is 0 Å². The van der Waals surface area contributed by atoms with Crippen molar-refractivity contribution in [1.82, 2.24) is 19.8 Å². The van der Waals surface area contributed by atoms with Crippen molar-refractivity contribution >= 4 is 5.91 Å². The van der Waals surface area contributed by atoms with Gasteiger partial charge in [-0.05, 0) is 56.8 Å². The number of amides is 1. The number of imidazole rings is 1. The van der Waals surface area contributed by atoms with Crippen LogP contribution in [0.25, 0.3) is 0 Å². The number of aliphatic hydroxyl groups is 1. The smallest absolute Gasteiger partial charge is 0.289 e. The fraction of sp³-hybridized carbons (Fsp3) is 0.545. The highest BCUT2D eigenvalue weighted by Gasteiger charge is 2.54. The first-order chi connectivity index (χ1) is 13.6. The van der Waals surface area contributed by atoms with Gasteiger partial charge >= 0.3 is 0 Å². The number of carbonyl (C=O) groups excluding carboxylic acids is 1. The second-order valence-corrected chi connectivity index (χ2v) is 8.58. The molecule has 0 unspecified atom stereocenters. The number of fused-ring (bicyclic) bond motifs is 2. The molecule has 2 fully saturated rings. The van der Waals surface area contributed by atoms with E-state index in [-0.39, 0.29) is 17.4 Å². The largest absolute Gasteiger partial charge is 0.390 e. The maximum atomic E-state index is 12.8. The monoisotopic (exact) mass is 380 g/mol. The molecular weight excluding hydrogens is 352 g/mol. The van der Waals surface area contributed by atoms with E-state index in [1.54, 1.807) is 6.20 Å². The third-order valence-corrected chi connectivity index (χ3v) is 7.06. The molecule has 6 nitrogen and oxygen atoms in total. The predicted molar refractivity (Wildman–Crippen MR) is 106 cm³/mol. The van der Waals surface area contributed by atoms with Gasteiger partial charge in [0.2, 0.25) is 0 Å². The van der Waals surface area contributed by atoms with Crippen LogP contribution in [0.1, 0.15) is 59.2 Å². The minimum absolute atomic E-state index is 0.0418. The van der Waals surface area contributed by atoms with Crippen LogP contribution in [0.3, 0.4) is 0 Å². The molecule has 0 saturated carbocycles. The summed E-state index contributed by atoms with van der Waals surface area (Å²) in [5.74, 6) is 0.371. The normalized spacial score (nSPS) is 26.7. The van der Waals surface area contributed by atoms with Crippen LogP contribution in [0.15, 0.2) is 30.5 Å². The van der Waals surface area contributed by atoms with Gasteiger partial charge in [-0.1, -0.05) is 24.3 Å². The summed E-state index contributed by atoms with van der Waals surface area (Å²) in [6, 6.07) is 8.66. The Balaban J connectivity index is 1.41. The number of carbonyl (C=O) groups is 1. The summed E-state index contributed by atoms with van der Waals surface area (Å²) in [6.07, 6.45) is 5.29. The van der Waals surface area contributed by atoms with Crippen LogP contribution in [-0.2, 0) is 5.41 Å². The summed E-state index contributed by atoms with van der Waals surface area (Å²) in [4.78, 5) is 24.4. The first-order valence-electron chi connectivity index (χ1n) is 10.4. The lowest BCUT2D eigenvalue weighted by atomic mass is 9.72. The Bertz CT molecular complexity index is 878. The number of H-pyrrole nitrogens is 1. The van der Waals surface area contributed by atoms with Crippen molar-refractivity contribution in [3.63, 3.8) is 0 Å². The Morgan fingerprint density at radius 2 is 1.89 bits per heavy atom. The molecule has 1 aliphatic carbocycles. The third kappa shape index (κ3) is 2.62. The van der Waals surface area contributed by atoms with Crippen LogP contribution in [0.5, 0.6) is 0 Å². The molecule has 2 N–H and O–H groups in total. The molecule has 0 bridgehead atoms. The SMILES string of the molecule is Cc1cnc(C(=O)N2CCC3(CC2)c2ccccc2[C@@H](N2CCCC2)[C@@H]3O)[nH]1. The first-order valence-corrected chi connectivity index (χ1v) is 10.4. The summed E-state index contributed by atoms with van der Waals surface area (Å²) < 4.78 is 0. The van der Waals surface area contributed by atoms with Gasteiger partial charge in [0.1, 0.15) is 0 Å². The van der Waals surface area contributed by atoms with Crippen molar-refractivity contribution in [2.75, 3.05) is 26.2 Å². The number of piperidine rings is 1. The topological polar surface area (TPSA) is 72.5 Å². The number of hydrogen-bond donors (Lipinski definition) is 2. The van der Waals surface area contributed by atoms with E-state index in [2.05, 4.69) is 39.1 Å². The van der Waals surface area contributed by atoms with Gasteiger partial charge in [0.15, 0.2) is 5.82 Å². The molecule has 2 atom stereocenters.